The fourth-order valence-corrected chi connectivity index (χ4v) is 4.44. The van der Waals surface area contributed by atoms with Gasteiger partial charge < -0.3 is 5.73 Å². The van der Waals surface area contributed by atoms with Gasteiger partial charge in [0.1, 0.15) is 0 Å². The number of hydrogen-bond donors (Lipinski definition) is 1. The van der Waals surface area contributed by atoms with E-state index < -0.39 is 0 Å². The zero-order chi connectivity index (χ0) is 19.9. The van der Waals surface area contributed by atoms with E-state index in [0.717, 1.165) is 44.5 Å². The van der Waals surface area contributed by atoms with Crippen LogP contribution in [0.1, 0.15) is 43.7 Å². The standard InChI is InChI=1S/C25H27NO/c1-14-10-16(3)22(17(4)11-14)20-8-7-9-21(24(20)25(26)27)23-18(5)12-15(2)13-19(23)6/h7-13H,1-6H3,(H2,26,27). The molecule has 27 heavy (non-hydrogen) atoms. The zero-order valence-corrected chi connectivity index (χ0v) is 17.0. The maximum atomic E-state index is 12.6. The van der Waals surface area contributed by atoms with Gasteiger partial charge in [0.2, 0.25) is 5.91 Å². The number of hydrogen-bond acceptors (Lipinski definition) is 1. The number of rotatable bonds is 3. The van der Waals surface area contributed by atoms with Crippen LogP contribution in [0.25, 0.3) is 22.3 Å². The average Bonchev–Trinajstić information content (AvgIpc) is 2.52. The largest absolute Gasteiger partial charge is 0.366 e. The van der Waals surface area contributed by atoms with Gasteiger partial charge >= 0.3 is 0 Å². The van der Waals surface area contributed by atoms with Gasteiger partial charge in [0.05, 0.1) is 5.56 Å². The summed E-state index contributed by atoms with van der Waals surface area (Å²) in [5.41, 5.74) is 17.6. The molecule has 0 aliphatic rings. The highest BCUT2D eigenvalue weighted by atomic mass is 16.1. The number of primary amides is 1. The monoisotopic (exact) mass is 357 g/mol. The Bertz CT molecular complexity index is 938. The minimum atomic E-state index is -0.389. The maximum absolute atomic E-state index is 12.6. The summed E-state index contributed by atoms with van der Waals surface area (Å²) in [6.07, 6.45) is 0. The second-order valence-electron chi connectivity index (χ2n) is 7.64. The van der Waals surface area contributed by atoms with E-state index in [-0.39, 0.29) is 5.91 Å². The van der Waals surface area contributed by atoms with Crippen LogP contribution in [0.15, 0.2) is 42.5 Å². The highest BCUT2D eigenvalue weighted by Crippen LogP contribution is 2.38. The van der Waals surface area contributed by atoms with E-state index in [9.17, 15) is 4.79 Å². The van der Waals surface area contributed by atoms with Gasteiger partial charge in [0.25, 0.3) is 0 Å². The molecule has 0 unspecified atom stereocenters. The predicted molar refractivity (Wildman–Crippen MR) is 114 cm³/mol. The number of aryl methyl sites for hydroxylation is 6. The van der Waals surface area contributed by atoms with Crippen molar-refractivity contribution in [3.05, 3.63) is 81.4 Å². The summed E-state index contributed by atoms with van der Waals surface area (Å²) in [7, 11) is 0. The van der Waals surface area contributed by atoms with Crippen LogP contribution in [0.4, 0.5) is 0 Å². The molecule has 0 spiro atoms. The van der Waals surface area contributed by atoms with Crippen molar-refractivity contribution in [1.29, 1.82) is 0 Å². The van der Waals surface area contributed by atoms with Gasteiger partial charge in [-0.1, -0.05) is 53.6 Å². The van der Waals surface area contributed by atoms with Crippen LogP contribution in [0.3, 0.4) is 0 Å². The molecule has 0 radical (unpaired) electrons. The molecule has 2 nitrogen and oxygen atoms in total. The molecule has 3 aromatic carbocycles. The van der Waals surface area contributed by atoms with E-state index in [1.807, 2.05) is 18.2 Å². The Kier molecular flexibility index (Phi) is 4.93. The van der Waals surface area contributed by atoms with E-state index in [4.69, 9.17) is 5.73 Å². The summed E-state index contributed by atoms with van der Waals surface area (Å²) in [5.74, 6) is -0.389. The van der Waals surface area contributed by atoms with E-state index >= 15 is 0 Å². The van der Waals surface area contributed by atoms with Crippen LogP contribution in [0.5, 0.6) is 0 Å². The molecule has 0 fully saturated rings. The molecular formula is C25H27NO. The molecule has 3 aromatic rings. The number of carbonyl (C=O) groups excluding carboxylic acids is 1. The van der Waals surface area contributed by atoms with Crippen LogP contribution in [-0.4, -0.2) is 5.91 Å². The van der Waals surface area contributed by atoms with E-state index in [2.05, 4.69) is 65.8 Å². The molecule has 0 atom stereocenters. The number of carbonyl (C=O) groups is 1. The van der Waals surface area contributed by atoms with Gasteiger partial charge in [-0.2, -0.15) is 0 Å². The topological polar surface area (TPSA) is 43.1 Å². The van der Waals surface area contributed by atoms with Crippen LogP contribution < -0.4 is 5.73 Å². The Balaban J connectivity index is 2.39. The fraction of sp³-hybridized carbons (Fsp3) is 0.240. The second kappa shape index (κ2) is 7.03. The van der Waals surface area contributed by atoms with Crippen molar-refractivity contribution in [2.24, 2.45) is 5.73 Å². The first-order valence-corrected chi connectivity index (χ1v) is 9.30. The first-order chi connectivity index (χ1) is 12.7. The third kappa shape index (κ3) is 3.40. The number of nitrogens with two attached hydrogens (primary N) is 1. The molecule has 0 aliphatic heterocycles. The van der Waals surface area contributed by atoms with Crippen molar-refractivity contribution < 1.29 is 4.79 Å². The Morgan fingerprint density at radius 3 is 1.30 bits per heavy atom. The van der Waals surface area contributed by atoms with Gasteiger partial charge in [-0.15, -0.1) is 0 Å². The molecule has 2 heteroatoms. The Morgan fingerprint density at radius 2 is 1.00 bits per heavy atom. The lowest BCUT2D eigenvalue weighted by atomic mass is 9.84. The molecule has 0 saturated carbocycles. The van der Waals surface area contributed by atoms with Crippen LogP contribution in [0.2, 0.25) is 0 Å². The summed E-state index contributed by atoms with van der Waals surface area (Å²) < 4.78 is 0. The molecule has 138 valence electrons. The molecule has 0 saturated heterocycles. The third-order valence-electron chi connectivity index (χ3n) is 5.20. The molecule has 0 bridgehead atoms. The molecule has 2 N–H and O–H groups in total. The second-order valence-corrected chi connectivity index (χ2v) is 7.64. The number of amides is 1. The van der Waals surface area contributed by atoms with Gasteiger partial charge in [-0.25, -0.2) is 0 Å². The van der Waals surface area contributed by atoms with Gasteiger partial charge in [-0.3, -0.25) is 4.79 Å². The lowest BCUT2D eigenvalue weighted by molar-refractivity contribution is 0.100. The van der Waals surface area contributed by atoms with Crippen LogP contribution in [0, 0.1) is 41.5 Å². The van der Waals surface area contributed by atoms with E-state index in [1.165, 1.54) is 11.1 Å². The Hall–Kier alpha value is -2.87. The molecular weight excluding hydrogens is 330 g/mol. The smallest absolute Gasteiger partial charge is 0.249 e. The summed E-state index contributed by atoms with van der Waals surface area (Å²) in [4.78, 5) is 12.6. The van der Waals surface area contributed by atoms with Crippen LogP contribution >= 0.6 is 0 Å². The third-order valence-corrected chi connectivity index (χ3v) is 5.20. The van der Waals surface area contributed by atoms with Gasteiger partial charge in [-0.05, 0) is 86.1 Å². The minimum absolute atomic E-state index is 0.389. The summed E-state index contributed by atoms with van der Waals surface area (Å²) in [6.45, 7) is 12.6. The van der Waals surface area contributed by atoms with Crippen molar-refractivity contribution in [1.82, 2.24) is 0 Å². The van der Waals surface area contributed by atoms with Crippen LogP contribution in [-0.2, 0) is 0 Å². The van der Waals surface area contributed by atoms with Crippen molar-refractivity contribution in [3.63, 3.8) is 0 Å². The quantitative estimate of drug-likeness (QED) is 0.616. The first-order valence-electron chi connectivity index (χ1n) is 9.30. The maximum Gasteiger partial charge on any atom is 0.249 e. The van der Waals surface area contributed by atoms with Crippen molar-refractivity contribution in [2.45, 2.75) is 41.5 Å². The highest BCUT2D eigenvalue weighted by molar-refractivity contribution is 6.07. The lowest BCUT2D eigenvalue weighted by Crippen LogP contribution is -2.15. The molecule has 0 heterocycles. The Morgan fingerprint density at radius 1 is 0.667 bits per heavy atom. The molecule has 1 amide bonds. The van der Waals surface area contributed by atoms with Gasteiger partial charge in [0, 0.05) is 0 Å². The molecule has 3 rings (SSSR count). The molecule has 0 aromatic heterocycles. The summed E-state index contributed by atoms with van der Waals surface area (Å²) >= 11 is 0. The zero-order valence-electron chi connectivity index (χ0n) is 17.0. The first kappa shape index (κ1) is 18.9. The Labute approximate surface area is 162 Å². The van der Waals surface area contributed by atoms with E-state index in [0.29, 0.717) is 5.56 Å². The summed E-state index contributed by atoms with van der Waals surface area (Å²) in [6, 6.07) is 14.7. The van der Waals surface area contributed by atoms with Crippen molar-refractivity contribution >= 4 is 5.91 Å². The predicted octanol–water partition coefficient (Wildman–Crippen LogP) is 5.97. The average molecular weight is 357 g/mol. The normalized spacial score (nSPS) is 10.9. The van der Waals surface area contributed by atoms with E-state index in [1.54, 1.807) is 0 Å². The number of benzene rings is 3. The molecule has 0 aliphatic carbocycles. The lowest BCUT2D eigenvalue weighted by Gasteiger charge is -2.19. The minimum Gasteiger partial charge on any atom is -0.366 e. The van der Waals surface area contributed by atoms with Gasteiger partial charge in [0.15, 0.2) is 0 Å². The SMILES string of the molecule is Cc1cc(C)c(-c2cccc(-c3c(C)cc(C)cc3C)c2C(N)=O)c(C)c1. The highest BCUT2D eigenvalue weighted by Gasteiger charge is 2.20. The van der Waals surface area contributed by atoms with Crippen molar-refractivity contribution in [3.8, 4) is 22.3 Å². The summed E-state index contributed by atoms with van der Waals surface area (Å²) in [5, 5.41) is 0. The fourth-order valence-electron chi connectivity index (χ4n) is 4.44. The van der Waals surface area contributed by atoms with Crippen molar-refractivity contribution in [2.75, 3.05) is 0 Å².